The number of carbonyl (C=O) groups is 3. The molecule has 0 bridgehead atoms. The van der Waals surface area contributed by atoms with E-state index in [0.29, 0.717) is 44.6 Å². The highest BCUT2D eigenvalue weighted by Crippen LogP contribution is 2.42. The molecule has 4 rings (SSSR count). The molecule has 1 aromatic heterocycles. The maximum absolute atomic E-state index is 12.8. The molecule has 0 radical (unpaired) electrons. The number of fused-ring (bicyclic) bond motifs is 2. The lowest BCUT2D eigenvalue weighted by atomic mass is 9.78. The van der Waals surface area contributed by atoms with Crippen LogP contribution in [0.15, 0.2) is 11.4 Å². The number of nitrogens with zero attached hydrogens (tertiary/aromatic N) is 4. The molecule has 0 unspecified atom stereocenters. The summed E-state index contributed by atoms with van der Waals surface area (Å²) in [6, 6.07) is 0. The molecule has 2 N–H and O–H groups in total. The third kappa shape index (κ3) is 3.07. The largest absolute Gasteiger partial charge is 0.375 e. The Morgan fingerprint density at radius 3 is 2.68 bits per heavy atom. The van der Waals surface area contributed by atoms with E-state index in [4.69, 9.17) is 4.74 Å². The SMILES string of the molecule is COCC(=O)N1CCc2[nH]cnc2C12CCN(C(=O)C1=NNC(=O)CC1)CC2. The minimum atomic E-state index is -0.525. The van der Waals surface area contributed by atoms with E-state index in [-0.39, 0.29) is 30.7 Å². The molecule has 1 fully saturated rings. The van der Waals surface area contributed by atoms with Crippen molar-refractivity contribution in [1.82, 2.24) is 25.2 Å². The summed E-state index contributed by atoms with van der Waals surface area (Å²) < 4.78 is 5.07. The van der Waals surface area contributed by atoms with Gasteiger partial charge in [0.15, 0.2) is 0 Å². The topological polar surface area (TPSA) is 120 Å². The van der Waals surface area contributed by atoms with Crippen LogP contribution < -0.4 is 5.43 Å². The van der Waals surface area contributed by atoms with Crippen molar-refractivity contribution < 1.29 is 19.1 Å². The van der Waals surface area contributed by atoms with Gasteiger partial charge in [0.25, 0.3) is 5.91 Å². The molecule has 10 heteroatoms. The Hall–Kier alpha value is -2.75. The third-order valence-electron chi connectivity index (χ3n) is 5.86. The molecular formula is C18H24N6O4. The summed E-state index contributed by atoms with van der Waals surface area (Å²) in [6.07, 6.45) is 4.24. The molecule has 1 aromatic rings. The van der Waals surface area contributed by atoms with Gasteiger partial charge in [-0.1, -0.05) is 0 Å². The second kappa shape index (κ2) is 7.34. The van der Waals surface area contributed by atoms with Gasteiger partial charge in [0.1, 0.15) is 12.3 Å². The van der Waals surface area contributed by atoms with Gasteiger partial charge >= 0.3 is 0 Å². The van der Waals surface area contributed by atoms with Crippen LogP contribution in [0.3, 0.4) is 0 Å². The van der Waals surface area contributed by atoms with Crippen molar-refractivity contribution in [1.29, 1.82) is 0 Å². The Labute approximate surface area is 162 Å². The molecule has 0 saturated carbocycles. The number of nitrogens with one attached hydrogen (secondary N) is 2. The van der Waals surface area contributed by atoms with E-state index < -0.39 is 5.54 Å². The fourth-order valence-electron chi connectivity index (χ4n) is 4.44. The van der Waals surface area contributed by atoms with Gasteiger partial charge < -0.3 is 19.5 Å². The number of amides is 3. The van der Waals surface area contributed by atoms with Crippen LogP contribution in [0.1, 0.15) is 37.1 Å². The molecule has 150 valence electrons. The number of piperidine rings is 1. The van der Waals surface area contributed by atoms with Crippen molar-refractivity contribution in [3.8, 4) is 0 Å². The lowest BCUT2D eigenvalue weighted by Crippen LogP contribution is -2.60. The number of hydrogen-bond acceptors (Lipinski definition) is 6. The monoisotopic (exact) mass is 388 g/mol. The normalized spacial score (nSPS) is 21.2. The summed E-state index contributed by atoms with van der Waals surface area (Å²) in [6.45, 7) is 1.62. The van der Waals surface area contributed by atoms with Gasteiger partial charge in [-0.2, -0.15) is 5.10 Å². The number of aromatic amines is 1. The predicted octanol–water partition coefficient (Wildman–Crippen LogP) is -0.475. The summed E-state index contributed by atoms with van der Waals surface area (Å²) in [4.78, 5) is 48.1. The van der Waals surface area contributed by atoms with Crippen molar-refractivity contribution in [2.75, 3.05) is 33.4 Å². The molecule has 28 heavy (non-hydrogen) atoms. The molecule has 0 atom stereocenters. The fourth-order valence-corrected chi connectivity index (χ4v) is 4.44. The number of imidazole rings is 1. The summed E-state index contributed by atoms with van der Waals surface area (Å²) in [5, 5.41) is 3.91. The predicted molar refractivity (Wildman–Crippen MR) is 98.2 cm³/mol. The van der Waals surface area contributed by atoms with Crippen LogP contribution in [-0.4, -0.2) is 76.6 Å². The van der Waals surface area contributed by atoms with E-state index >= 15 is 0 Å². The first-order chi connectivity index (χ1) is 13.5. The van der Waals surface area contributed by atoms with Gasteiger partial charge in [-0.25, -0.2) is 10.4 Å². The molecule has 10 nitrogen and oxygen atoms in total. The number of hydrogen-bond donors (Lipinski definition) is 2. The molecule has 3 aliphatic heterocycles. The number of H-pyrrole nitrogens is 1. The molecule has 4 heterocycles. The first kappa shape index (κ1) is 18.6. The van der Waals surface area contributed by atoms with Crippen LogP contribution in [0.2, 0.25) is 0 Å². The lowest BCUT2D eigenvalue weighted by molar-refractivity contribution is -0.147. The quantitative estimate of drug-likeness (QED) is 0.725. The molecule has 0 aliphatic carbocycles. The maximum Gasteiger partial charge on any atom is 0.270 e. The summed E-state index contributed by atoms with van der Waals surface area (Å²) >= 11 is 0. The Morgan fingerprint density at radius 1 is 1.21 bits per heavy atom. The highest BCUT2D eigenvalue weighted by atomic mass is 16.5. The summed E-state index contributed by atoms with van der Waals surface area (Å²) in [5.74, 6) is -0.382. The van der Waals surface area contributed by atoms with Gasteiger partial charge in [-0.3, -0.25) is 14.4 Å². The van der Waals surface area contributed by atoms with Crippen LogP contribution >= 0.6 is 0 Å². The zero-order chi connectivity index (χ0) is 19.7. The zero-order valence-electron chi connectivity index (χ0n) is 15.9. The van der Waals surface area contributed by atoms with E-state index in [9.17, 15) is 14.4 Å². The van der Waals surface area contributed by atoms with Crippen molar-refractivity contribution in [3.63, 3.8) is 0 Å². The van der Waals surface area contributed by atoms with E-state index in [1.165, 1.54) is 7.11 Å². The highest BCUT2D eigenvalue weighted by Gasteiger charge is 2.49. The minimum Gasteiger partial charge on any atom is -0.375 e. The Kier molecular flexibility index (Phi) is 4.88. The van der Waals surface area contributed by atoms with Crippen LogP contribution in [0.4, 0.5) is 0 Å². The van der Waals surface area contributed by atoms with Crippen molar-refractivity contribution in [3.05, 3.63) is 17.7 Å². The van der Waals surface area contributed by atoms with Gasteiger partial charge in [-0.15, -0.1) is 0 Å². The Morgan fingerprint density at radius 2 is 2.00 bits per heavy atom. The Balaban J connectivity index is 1.54. The maximum atomic E-state index is 12.8. The fraction of sp³-hybridized carbons (Fsp3) is 0.611. The number of ether oxygens (including phenoxy) is 1. The first-order valence-electron chi connectivity index (χ1n) is 9.52. The third-order valence-corrected chi connectivity index (χ3v) is 5.86. The number of carbonyl (C=O) groups excluding carboxylic acids is 3. The number of methoxy groups -OCH3 is 1. The molecule has 1 spiro atoms. The van der Waals surface area contributed by atoms with Gasteiger partial charge in [0, 0.05) is 51.7 Å². The van der Waals surface area contributed by atoms with E-state index in [1.807, 2.05) is 4.90 Å². The average Bonchev–Trinajstić information content (AvgIpc) is 3.19. The van der Waals surface area contributed by atoms with Crippen LogP contribution in [0.5, 0.6) is 0 Å². The molecule has 1 saturated heterocycles. The average molecular weight is 388 g/mol. The van der Waals surface area contributed by atoms with Gasteiger partial charge in [-0.05, 0) is 12.8 Å². The van der Waals surface area contributed by atoms with Crippen LogP contribution in [0.25, 0.3) is 0 Å². The molecular weight excluding hydrogens is 364 g/mol. The highest BCUT2D eigenvalue weighted by molar-refractivity contribution is 6.39. The van der Waals surface area contributed by atoms with Gasteiger partial charge in [0.05, 0.1) is 17.6 Å². The molecule has 0 aromatic carbocycles. The van der Waals surface area contributed by atoms with Crippen LogP contribution in [-0.2, 0) is 31.1 Å². The number of aromatic nitrogens is 2. The number of rotatable bonds is 3. The second-order valence-corrected chi connectivity index (χ2v) is 7.38. The minimum absolute atomic E-state index is 0.0284. The van der Waals surface area contributed by atoms with Crippen molar-refractivity contribution >= 4 is 23.4 Å². The molecule has 3 aliphatic rings. The first-order valence-corrected chi connectivity index (χ1v) is 9.52. The smallest absolute Gasteiger partial charge is 0.270 e. The number of hydrazone groups is 1. The zero-order valence-corrected chi connectivity index (χ0v) is 15.9. The number of likely N-dealkylation sites (tertiary alicyclic amines) is 1. The summed E-state index contributed by atoms with van der Waals surface area (Å²) in [7, 11) is 1.51. The summed E-state index contributed by atoms with van der Waals surface area (Å²) in [5.41, 5.74) is 4.19. The second-order valence-electron chi connectivity index (χ2n) is 7.38. The van der Waals surface area contributed by atoms with E-state index in [2.05, 4.69) is 20.5 Å². The Bertz CT molecular complexity index is 824. The molecule has 3 amide bonds. The van der Waals surface area contributed by atoms with E-state index in [0.717, 1.165) is 17.8 Å². The van der Waals surface area contributed by atoms with Crippen molar-refractivity contribution in [2.24, 2.45) is 5.10 Å². The lowest BCUT2D eigenvalue weighted by Gasteiger charge is -2.50. The van der Waals surface area contributed by atoms with Crippen LogP contribution in [0, 0.1) is 0 Å². The van der Waals surface area contributed by atoms with E-state index in [1.54, 1.807) is 11.2 Å². The van der Waals surface area contributed by atoms with Gasteiger partial charge in [0.2, 0.25) is 11.8 Å². The van der Waals surface area contributed by atoms with Crippen molar-refractivity contribution in [2.45, 2.75) is 37.6 Å². The standard InChI is InChI=1S/C18H24N6O4/c1-28-10-15(26)24-7-4-12-16(20-11-19-12)18(24)5-8-23(9-6-18)17(27)13-2-3-14(25)22-21-13/h11H,2-10H2,1H3,(H,19,20)(H,22,25).